The van der Waals surface area contributed by atoms with Gasteiger partial charge in [-0.05, 0) is 30.9 Å². The Morgan fingerprint density at radius 3 is 2.84 bits per heavy atom. The Bertz CT molecular complexity index is 506. The first-order valence-electron chi connectivity index (χ1n) is 6.44. The van der Waals surface area contributed by atoms with Crippen molar-refractivity contribution in [3.05, 3.63) is 29.8 Å². The third kappa shape index (κ3) is 2.23. The minimum atomic E-state index is -0.883. The van der Waals surface area contributed by atoms with Crippen molar-refractivity contribution in [3.63, 3.8) is 0 Å². The number of carboxylic acids is 1. The van der Waals surface area contributed by atoms with Gasteiger partial charge in [-0.2, -0.15) is 0 Å². The number of thioether (sulfide) groups is 1. The SMILES string of the molecule is O=C(O)[C@H]1CCCN1C(=O)C1Cc2ccccc2S1. The van der Waals surface area contributed by atoms with Crippen molar-refractivity contribution in [2.24, 2.45) is 0 Å². The summed E-state index contributed by atoms with van der Waals surface area (Å²) in [7, 11) is 0. The predicted octanol–water partition coefficient (Wildman–Crippen LogP) is 1.78. The van der Waals surface area contributed by atoms with E-state index in [1.54, 1.807) is 16.7 Å². The first-order valence-corrected chi connectivity index (χ1v) is 7.32. The summed E-state index contributed by atoms with van der Waals surface area (Å²) in [6.45, 7) is 0.573. The molecule has 0 aliphatic carbocycles. The van der Waals surface area contributed by atoms with Crippen LogP contribution in [0.4, 0.5) is 0 Å². The third-order valence-corrected chi connectivity index (χ3v) is 5.05. The molecule has 0 spiro atoms. The summed E-state index contributed by atoms with van der Waals surface area (Å²) in [4.78, 5) is 26.3. The summed E-state index contributed by atoms with van der Waals surface area (Å²) >= 11 is 1.56. The van der Waals surface area contributed by atoms with Crippen LogP contribution in [0.1, 0.15) is 18.4 Å². The molecule has 2 aliphatic heterocycles. The molecule has 4 nitrogen and oxygen atoms in total. The zero-order valence-electron chi connectivity index (χ0n) is 10.4. The second-order valence-electron chi connectivity index (χ2n) is 4.95. The van der Waals surface area contributed by atoms with Crippen LogP contribution in [0.25, 0.3) is 0 Å². The number of hydrogen-bond donors (Lipinski definition) is 1. The molecule has 3 rings (SSSR count). The molecule has 0 aromatic heterocycles. The lowest BCUT2D eigenvalue weighted by atomic mass is 10.1. The molecule has 2 aliphatic rings. The number of nitrogens with zero attached hydrogens (tertiary/aromatic N) is 1. The van der Waals surface area contributed by atoms with E-state index in [1.165, 1.54) is 5.56 Å². The Balaban J connectivity index is 1.74. The number of carboxylic acid groups (broad SMARTS) is 1. The van der Waals surface area contributed by atoms with Gasteiger partial charge < -0.3 is 10.0 Å². The number of amides is 1. The Morgan fingerprint density at radius 2 is 2.11 bits per heavy atom. The van der Waals surface area contributed by atoms with Crippen LogP contribution >= 0.6 is 11.8 Å². The van der Waals surface area contributed by atoms with E-state index in [0.29, 0.717) is 19.4 Å². The highest BCUT2D eigenvalue weighted by Gasteiger charge is 2.39. The molecule has 1 aromatic carbocycles. The number of hydrogen-bond acceptors (Lipinski definition) is 3. The fourth-order valence-electron chi connectivity index (χ4n) is 2.79. The molecular weight excluding hydrogens is 262 g/mol. The van der Waals surface area contributed by atoms with Gasteiger partial charge in [0.1, 0.15) is 6.04 Å². The lowest BCUT2D eigenvalue weighted by molar-refractivity contribution is -0.148. The number of fused-ring (bicyclic) bond motifs is 1. The molecule has 19 heavy (non-hydrogen) atoms. The van der Waals surface area contributed by atoms with Crippen molar-refractivity contribution in [2.75, 3.05) is 6.54 Å². The molecule has 1 aromatic rings. The van der Waals surface area contributed by atoms with Crippen LogP contribution in [0.5, 0.6) is 0 Å². The fourth-order valence-corrected chi connectivity index (χ4v) is 4.06. The number of carbonyl (C=O) groups excluding carboxylic acids is 1. The standard InChI is InChI=1S/C14H15NO3S/c16-13(15-7-3-5-10(15)14(17)18)12-8-9-4-1-2-6-11(9)19-12/h1-2,4,6,10,12H,3,5,7-8H2,(H,17,18)/t10-,12?/m1/s1. The van der Waals surface area contributed by atoms with Crippen LogP contribution in [-0.4, -0.2) is 39.7 Å². The van der Waals surface area contributed by atoms with Gasteiger partial charge in [0.15, 0.2) is 0 Å². The summed E-state index contributed by atoms with van der Waals surface area (Å²) in [5, 5.41) is 8.99. The van der Waals surface area contributed by atoms with Gasteiger partial charge in [0, 0.05) is 11.4 Å². The van der Waals surface area contributed by atoms with E-state index in [0.717, 1.165) is 11.3 Å². The minimum Gasteiger partial charge on any atom is -0.480 e. The lowest BCUT2D eigenvalue weighted by Crippen LogP contribution is -2.44. The van der Waals surface area contributed by atoms with E-state index in [9.17, 15) is 9.59 Å². The lowest BCUT2D eigenvalue weighted by Gasteiger charge is -2.24. The van der Waals surface area contributed by atoms with Gasteiger partial charge in [-0.1, -0.05) is 18.2 Å². The smallest absolute Gasteiger partial charge is 0.326 e. The highest BCUT2D eigenvalue weighted by atomic mass is 32.2. The summed E-state index contributed by atoms with van der Waals surface area (Å²) in [5.74, 6) is -0.905. The van der Waals surface area contributed by atoms with Crippen LogP contribution in [-0.2, 0) is 16.0 Å². The Hall–Kier alpha value is -1.49. The monoisotopic (exact) mass is 277 g/mol. The van der Waals surface area contributed by atoms with Crippen molar-refractivity contribution < 1.29 is 14.7 Å². The van der Waals surface area contributed by atoms with Crippen molar-refractivity contribution in [2.45, 2.75) is 35.4 Å². The molecule has 5 heteroatoms. The van der Waals surface area contributed by atoms with E-state index >= 15 is 0 Å². The normalized spacial score (nSPS) is 25.4. The Kier molecular flexibility index (Phi) is 3.22. The second kappa shape index (κ2) is 4.89. The number of benzene rings is 1. The van der Waals surface area contributed by atoms with E-state index < -0.39 is 12.0 Å². The highest BCUT2D eigenvalue weighted by molar-refractivity contribution is 8.01. The molecule has 0 saturated carbocycles. The van der Waals surface area contributed by atoms with Gasteiger partial charge in [-0.3, -0.25) is 4.79 Å². The van der Waals surface area contributed by atoms with Crippen molar-refractivity contribution in [1.82, 2.24) is 4.90 Å². The molecule has 0 radical (unpaired) electrons. The third-order valence-electron chi connectivity index (χ3n) is 3.74. The van der Waals surface area contributed by atoms with Crippen molar-refractivity contribution >= 4 is 23.6 Å². The van der Waals surface area contributed by atoms with Crippen LogP contribution in [0.15, 0.2) is 29.2 Å². The Labute approximate surface area is 115 Å². The molecule has 1 saturated heterocycles. The summed E-state index contributed by atoms with van der Waals surface area (Å²) in [5.41, 5.74) is 1.19. The van der Waals surface area contributed by atoms with Crippen LogP contribution in [0.2, 0.25) is 0 Å². The number of rotatable bonds is 2. The first kappa shape index (κ1) is 12.5. The molecular formula is C14H15NO3S. The molecule has 1 N–H and O–H groups in total. The molecule has 1 unspecified atom stereocenters. The molecule has 100 valence electrons. The maximum Gasteiger partial charge on any atom is 0.326 e. The minimum absolute atomic E-state index is 0.0221. The van der Waals surface area contributed by atoms with E-state index in [1.807, 2.05) is 24.3 Å². The van der Waals surface area contributed by atoms with Gasteiger partial charge in [-0.15, -0.1) is 11.8 Å². The summed E-state index contributed by atoms with van der Waals surface area (Å²) in [6, 6.07) is 7.37. The average molecular weight is 277 g/mol. The maximum atomic E-state index is 12.5. The molecule has 2 heterocycles. The predicted molar refractivity (Wildman–Crippen MR) is 72.2 cm³/mol. The topological polar surface area (TPSA) is 57.6 Å². The zero-order valence-corrected chi connectivity index (χ0v) is 11.2. The Morgan fingerprint density at radius 1 is 1.32 bits per heavy atom. The molecule has 1 amide bonds. The quantitative estimate of drug-likeness (QED) is 0.895. The van der Waals surface area contributed by atoms with E-state index in [-0.39, 0.29) is 11.2 Å². The summed E-state index contributed by atoms with van der Waals surface area (Å²) in [6.07, 6.45) is 2.07. The summed E-state index contributed by atoms with van der Waals surface area (Å²) < 4.78 is 0. The van der Waals surface area contributed by atoms with Gasteiger partial charge in [0.25, 0.3) is 0 Å². The number of aliphatic carboxylic acids is 1. The van der Waals surface area contributed by atoms with Crippen LogP contribution < -0.4 is 0 Å². The molecule has 0 bridgehead atoms. The zero-order chi connectivity index (χ0) is 13.4. The van der Waals surface area contributed by atoms with E-state index in [4.69, 9.17) is 5.11 Å². The largest absolute Gasteiger partial charge is 0.480 e. The van der Waals surface area contributed by atoms with Gasteiger partial charge >= 0.3 is 5.97 Å². The first-order chi connectivity index (χ1) is 9.16. The van der Waals surface area contributed by atoms with Gasteiger partial charge in [0.05, 0.1) is 5.25 Å². The average Bonchev–Trinajstić information content (AvgIpc) is 3.04. The van der Waals surface area contributed by atoms with Crippen molar-refractivity contribution in [1.29, 1.82) is 0 Å². The number of likely N-dealkylation sites (tertiary alicyclic amines) is 1. The highest BCUT2D eigenvalue weighted by Crippen LogP contribution is 2.38. The molecule has 2 atom stereocenters. The van der Waals surface area contributed by atoms with Gasteiger partial charge in [0.2, 0.25) is 5.91 Å². The van der Waals surface area contributed by atoms with E-state index in [2.05, 4.69) is 0 Å². The number of carbonyl (C=O) groups is 2. The van der Waals surface area contributed by atoms with Crippen LogP contribution in [0, 0.1) is 0 Å². The maximum absolute atomic E-state index is 12.5. The fraction of sp³-hybridized carbons (Fsp3) is 0.429. The van der Waals surface area contributed by atoms with Crippen molar-refractivity contribution in [3.8, 4) is 0 Å². The molecule has 1 fully saturated rings. The second-order valence-corrected chi connectivity index (χ2v) is 6.19. The van der Waals surface area contributed by atoms with Crippen LogP contribution in [0.3, 0.4) is 0 Å². The van der Waals surface area contributed by atoms with Gasteiger partial charge in [-0.25, -0.2) is 4.79 Å².